The number of hydrogen-bond acceptors (Lipinski definition) is 5. The average molecular weight is 494 g/mol. The maximum atomic E-state index is 12.8. The molecule has 0 saturated carbocycles. The van der Waals surface area contributed by atoms with Crippen molar-refractivity contribution in [3.63, 3.8) is 0 Å². The smallest absolute Gasteiger partial charge is 0.317 e. The van der Waals surface area contributed by atoms with Gasteiger partial charge in [0, 0.05) is 11.8 Å². The molecule has 1 aliphatic heterocycles. The maximum Gasteiger partial charge on any atom is 0.328 e. The average Bonchev–Trinajstić information content (AvgIpc) is 3.54. The highest BCUT2D eigenvalue weighted by atomic mass is 16.1. The Morgan fingerprint density at radius 1 is 1.03 bits per heavy atom. The van der Waals surface area contributed by atoms with Gasteiger partial charge < -0.3 is 10.3 Å². The van der Waals surface area contributed by atoms with Crippen molar-refractivity contribution < 1.29 is 0 Å². The molecule has 0 amide bonds. The summed E-state index contributed by atoms with van der Waals surface area (Å²) in [6, 6.07) is 16.4. The normalized spacial score (nSPS) is 14.6. The van der Waals surface area contributed by atoms with Gasteiger partial charge >= 0.3 is 5.69 Å². The fourth-order valence-electron chi connectivity index (χ4n) is 5.21. The first-order valence-electron chi connectivity index (χ1n) is 13.0. The Hall–Kier alpha value is -4.04. The number of imidazole rings is 1. The van der Waals surface area contributed by atoms with Crippen LogP contribution in [0.25, 0.3) is 28.2 Å². The van der Waals surface area contributed by atoms with E-state index < -0.39 is 0 Å². The van der Waals surface area contributed by atoms with Gasteiger partial charge in [0.2, 0.25) is 0 Å². The van der Waals surface area contributed by atoms with Gasteiger partial charge in [0.15, 0.2) is 11.5 Å². The van der Waals surface area contributed by atoms with Crippen molar-refractivity contribution in [2.45, 2.75) is 45.1 Å². The summed E-state index contributed by atoms with van der Waals surface area (Å²) in [5.41, 5.74) is 6.54. The van der Waals surface area contributed by atoms with Crippen LogP contribution in [0.1, 0.15) is 55.2 Å². The van der Waals surface area contributed by atoms with E-state index in [9.17, 15) is 4.79 Å². The molecule has 188 valence electrons. The van der Waals surface area contributed by atoms with Gasteiger partial charge in [0.25, 0.3) is 0 Å². The summed E-state index contributed by atoms with van der Waals surface area (Å²) in [4.78, 5) is 25.1. The molecule has 0 spiro atoms. The first-order valence-corrected chi connectivity index (χ1v) is 13.0. The first-order chi connectivity index (χ1) is 18.1. The van der Waals surface area contributed by atoms with Gasteiger partial charge in [-0.3, -0.25) is 4.57 Å². The lowest BCUT2D eigenvalue weighted by atomic mass is 9.93. The van der Waals surface area contributed by atoms with Crippen LogP contribution in [-0.4, -0.2) is 42.4 Å². The number of H-pyrrole nitrogens is 1. The van der Waals surface area contributed by atoms with Crippen molar-refractivity contribution in [3.05, 3.63) is 94.3 Å². The molecule has 0 aliphatic carbocycles. The van der Waals surface area contributed by atoms with Crippen LogP contribution >= 0.6 is 0 Å². The SMILES string of the molecule is CC(C)c1ccccc1-c1ncc2[nH]c(=O)n(Cc3ccc(-n4cc(C5CCNCC5)cn4)cc3)c2n1. The zero-order valence-electron chi connectivity index (χ0n) is 21.2. The zero-order chi connectivity index (χ0) is 25.4. The zero-order valence-corrected chi connectivity index (χ0v) is 21.2. The lowest BCUT2D eigenvalue weighted by Gasteiger charge is -2.21. The highest BCUT2D eigenvalue weighted by Crippen LogP contribution is 2.28. The number of fused-ring (bicyclic) bond motifs is 1. The fraction of sp³-hybridized carbons (Fsp3) is 0.310. The summed E-state index contributed by atoms with van der Waals surface area (Å²) < 4.78 is 3.61. The van der Waals surface area contributed by atoms with Gasteiger partial charge in [0.1, 0.15) is 5.52 Å². The van der Waals surface area contributed by atoms with Crippen LogP contribution in [0.2, 0.25) is 0 Å². The van der Waals surface area contributed by atoms with E-state index in [1.165, 1.54) is 11.1 Å². The second-order valence-corrected chi connectivity index (χ2v) is 10.1. The third kappa shape index (κ3) is 4.60. The van der Waals surface area contributed by atoms with Crippen molar-refractivity contribution in [1.29, 1.82) is 0 Å². The number of benzene rings is 2. The first kappa shape index (κ1) is 23.4. The van der Waals surface area contributed by atoms with Crippen LogP contribution in [0.4, 0.5) is 0 Å². The van der Waals surface area contributed by atoms with E-state index in [4.69, 9.17) is 4.98 Å². The molecule has 0 atom stereocenters. The van der Waals surface area contributed by atoms with Crippen LogP contribution in [-0.2, 0) is 6.54 Å². The number of nitrogens with zero attached hydrogens (tertiary/aromatic N) is 5. The number of hydrogen-bond donors (Lipinski definition) is 2. The Morgan fingerprint density at radius 2 is 1.81 bits per heavy atom. The highest BCUT2D eigenvalue weighted by Gasteiger charge is 2.17. The van der Waals surface area contributed by atoms with Gasteiger partial charge in [-0.25, -0.2) is 19.4 Å². The minimum absolute atomic E-state index is 0.193. The van der Waals surface area contributed by atoms with Crippen LogP contribution in [0.3, 0.4) is 0 Å². The number of aromatic nitrogens is 6. The van der Waals surface area contributed by atoms with Crippen molar-refractivity contribution in [2.75, 3.05) is 13.1 Å². The molecule has 3 aromatic heterocycles. The molecule has 37 heavy (non-hydrogen) atoms. The summed E-state index contributed by atoms with van der Waals surface area (Å²) in [6.45, 7) is 6.86. The minimum Gasteiger partial charge on any atom is -0.317 e. The largest absolute Gasteiger partial charge is 0.328 e. The second-order valence-electron chi connectivity index (χ2n) is 10.1. The van der Waals surface area contributed by atoms with Crippen molar-refractivity contribution in [3.8, 4) is 17.1 Å². The molecule has 2 N–H and O–H groups in total. The number of aromatic amines is 1. The molecular weight excluding hydrogens is 462 g/mol. The van der Waals surface area contributed by atoms with Crippen LogP contribution < -0.4 is 11.0 Å². The monoisotopic (exact) mass is 493 g/mol. The van der Waals surface area contributed by atoms with E-state index in [1.54, 1.807) is 10.8 Å². The Bertz CT molecular complexity index is 1590. The van der Waals surface area contributed by atoms with E-state index in [2.05, 4.69) is 46.5 Å². The van der Waals surface area contributed by atoms with E-state index in [-0.39, 0.29) is 5.69 Å². The molecule has 8 nitrogen and oxygen atoms in total. The molecule has 4 heterocycles. The van der Waals surface area contributed by atoms with E-state index in [0.717, 1.165) is 42.7 Å². The number of piperidine rings is 1. The Kier molecular flexibility index (Phi) is 6.18. The lowest BCUT2D eigenvalue weighted by molar-refractivity contribution is 0.460. The lowest BCUT2D eigenvalue weighted by Crippen LogP contribution is -2.26. The quantitative estimate of drug-likeness (QED) is 0.360. The number of nitrogens with one attached hydrogen (secondary N) is 2. The third-order valence-electron chi connectivity index (χ3n) is 7.29. The molecule has 8 heteroatoms. The summed E-state index contributed by atoms with van der Waals surface area (Å²) in [5, 5.41) is 8.02. The van der Waals surface area contributed by atoms with E-state index in [0.29, 0.717) is 35.4 Å². The predicted molar refractivity (Wildman–Crippen MR) is 145 cm³/mol. The standard InChI is InChI=1S/C29H31N7O/c1-19(2)24-5-3-4-6-25(24)27-31-16-26-28(34-27)35(29(37)33-26)17-20-7-9-23(10-8-20)36-18-22(15-32-36)21-11-13-30-14-12-21/h3-10,15-16,18-19,21,30H,11-14,17H2,1-2H3,(H,33,37). The Labute approximate surface area is 215 Å². The fourth-order valence-corrected chi connectivity index (χ4v) is 5.21. The maximum absolute atomic E-state index is 12.8. The minimum atomic E-state index is -0.193. The molecular formula is C29H31N7O. The molecule has 1 aliphatic rings. The topological polar surface area (TPSA) is 93.4 Å². The molecule has 0 radical (unpaired) electrons. The molecule has 1 saturated heterocycles. The van der Waals surface area contributed by atoms with E-state index in [1.807, 2.05) is 53.3 Å². The number of rotatable bonds is 6. The van der Waals surface area contributed by atoms with Gasteiger partial charge in [-0.05, 0) is 66.6 Å². The summed E-state index contributed by atoms with van der Waals surface area (Å²) >= 11 is 0. The van der Waals surface area contributed by atoms with Gasteiger partial charge in [-0.1, -0.05) is 50.2 Å². The van der Waals surface area contributed by atoms with Crippen LogP contribution in [0.5, 0.6) is 0 Å². The van der Waals surface area contributed by atoms with E-state index >= 15 is 0 Å². The van der Waals surface area contributed by atoms with Crippen molar-refractivity contribution in [2.24, 2.45) is 0 Å². The van der Waals surface area contributed by atoms with Crippen LogP contribution in [0, 0.1) is 0 Å². The molecule has 0 bridgehead atoms. The molecule has 0 unspecified atom stereocenters. The third-order valence-corrected chi connectivity index (χ3v) is 7.29. The van der Waals surface area contributed by atoms with Crippen molar-refractivity contribution in [1.82, 2.24) is 34.6 Å². The summed E-state index contributed by atoms with van der Waals surface area (Å²) in [7, 11) is 0. The Balaban J connectivity index is 1.27. The summed E-state index contributed by atoms with van der Waals surface area (Å²) in [5.74, 6) is 1.54. The highest BCUT2D eigenvalue weighted by molar-refractivity contribution is 5.73. The van der Waals surface area contributed by atoms with Gasteiger partial charge in [0.05, 0.1) is 24.6 Å². The molecule has 1 fully saturated rings. The van der Waals surface area contributed by atoms with Gasteiger partial charge in [-0.15, -0.1) is 0 Å². The molecule has 6 rings (SSSR count). The summed E-state index contributed by atoms with van der Waals surface area (Å²) in [6.07, 6.45) is 8.14. The predicted octanol–water partition coefficient (Wildman–Crippen LogP) is 4.61. The Morgan fingerprint density at radius 3 is 2.59 bits per heavy atom. The van der Waals surface area contributed by atoms with Crippen molar-refractivity contribution >= 4 is 11.2 Å². The van der Waals surface area contributed by atoms with Gasteiger partial charge in [-0.2, -0.15) is 5.10 Å². The van der Waals surface area contributed by atoms with Crippen LogP contribution in [0.15, 0.2) is 71.9 Å². The second kappa shape index (κ2) is 9.78. The molecule has 5 aromatic rings. The molecule has 2 aromatic carbocycles.